The summed E-state index contributed by atoms with van der Waals surface area (Å²) in [5.74, 6) is 0. The number of halogens is 1. The van der Waals surface area contributed by atoms with Gasteiger partial charge in [-0.05, 0) is 29.5 Å². The highest BCUT2D eigenvalue weighted by molar-refractivity contribution is 14.1. The Morgan fingerprint density at radius 2 is 2.31 bits per heavy atom. The molecule has 1 aliphatic rings. The van der Waals surface area contributed by atoms with Crippen LogP contribution < -0.4 is 11.2 Å². The normalized spacial score (nSPS) is 29.6. The second-order valence-corrected chi connectivity index (χ2v) is 4.90. The van der Waals surface area contributed by atoms with Gasteiger partial charge in [0.2, 0.25) is 0 Å². The number of aliphatic hydroxyl groups excluding tert-OH is 1. The minimum absolute atomic E-state index is 0.304. The summed E-state index contributed by atoms with van der Waals surface area (Å²) in [5, 5.41) is 9.53. The van der Waals surface area contributed by atoms with Gasteiger partial charge in [0.1, 0.15) is 6.23 Å². The van der Waals surface area contributed by atoms with Gasteiger partial charge in [-0.25, -0.2) is 4.79 Å². The molecule has 2 N–H and O–H groups in total. The number of H-pyrrole nitrogens is 1. The number of nitrogens with one attached hydrogen (secondary N) is 1. The first kappa shape index (κ1) is 11.8. The number of ether oxygens (including phenoxy) is 1. The first-order valence-electron chi connectivity index (χ1n) is 4.83. The number of aromatic nitrogens is 2. The molecule has 0 spiro atoms. The largest absolute Gasteiger partial charge is 0.390 e. The highest BCUT2D eigenvalue weighted by Gasteiger charge is 2.32. The van der Waals surface area contributed by atoms with E-state index in [1.54, 1.807) is 6.92 Å². The molecule has 6 nitrogen and oxygen atoms in total. The number of hydrogen-bond donors (Lipinski definition) is 2. The molecule has 0 aliphatic carbocycles. The molecule has 1 unspecified atom stereocenters. The molecule has 16 heavy (non-hydrogen) atoms. The summed E-state index contributed by atoms with van der Waals surface area (Å²) in [5.41, 5.74) is -0.926. The van der Waals surface area contributed by atoms with Crippen LogP contribution in [0.4, 0.5) is 0 Å². The van der Waals surface area contributed by atoms with Gasteiger partial charge in [-0.1, -0.05) is 0 Å². The molecule has 1 aromatic heterocycles. The Balaban J connectivity index is 2.39. The lowest BCUT2D eigenvalue weighted by Gasteiger charge is -2.13. The molecule has 1 aromatic rings. The Kier molecular flexibility index (Phi) is 3.17. The first-order chi connectivity index (χ1) is 7.49. The summed E-state index contributed by atoms with van der Waals surface area (Å²) < 4.78 is 7.14. The Morgan fingerprint density at radius 3 is 2.88 bits per heavy atom. The lowest BCUT2D eigenvalue weighted by molar-refractivity contribution is -0.0102. The van der Waals surface area contributed by atoms with E-state index in [1.165, 1.54) is 10.8 Å². The lowest BCUT2D eigenvalue weighted by Crippen LogP contribution is -2.33. The summed E-state index contributed by atoms with van der Waals surface area (Å²) in [6.07, 6.45) is 0.395. The van der Waals surface area contributed by atoms with E-state index in [-0.39, 0.29) is 6.10 Å². The summed E-state index contributed by atoms with van der Waals surface area (Å²) in [7, 11) is 0. The van der Waals surface area contributed by atoms with E-state index < -0.39 is 23.6 Å². The summed E-state index contributed by atoms with van der Waals surface area (Å²) >= 11 is 1.84. The fourth-order valence-corrected chi connectivity index (χ4v) is 2.08. The average molecular weight is 338 g/mol. The number of hydrogen-bond acceptors (Lipinski definition) is 4. The standard InChI is InChI=1S/C9H11IN2O4/c1-4-6(13)2-7(16-4)12-3-5(10)8(14)11-9(12)15/h3-4,6-7,13H,2H2,1H3,(H,11,14,15)/t4-,6?,7-/m0/s1. The van der Waals surface area contributed by atoms with Gasteiger partial charge in [0.05, 0.1) is 15.8 Å². The van der Waals surface area contributed by atoms with Gasteiger partial charge in [-0.15, -0.1) is 0 Å². The second-order valence-electron chi connectivity index (χ2n) is 3.74. The van der Waals surface area contributed by atoms with Crippen LogP contribution in [0.1, 0.15) is 19.6 Å². The summed E-state index contributed by atoms with van der Waals surface area (Å²) in [4.78, 5) is 24.9. The monoisotopic (exact) mass is 338 g/mol. The maximum Gasteiger partial charge on any atom is 0.330 e. The van der Waals surface area contributed by atoms with Gasteiger partial charge in [-0.2, -0.15) is 0 Å². The van der Waals surface area contributed by atoms with Gasteiger partial charge in [0.15, 0.2) is 0 Å². The lowest BCUT2D eigenvalue weighted by atomic mass is 10.2. The maximum atomic E-state index is 11.5. The molecule has 0 amide bonds. The van der Waals surface area contributed by atoms with Gasteiger partial charge in [0, 0.05) is 12.6 Å². The van der Waals surface area contributed by atoms with Crippen molar-refractivity contribution in [3.05, 3.63) is 30.6 Å². The van der Waals surface area contributed by atoms with Gasteiger partial charge >= 0.3 is 5.69 Å². The smallest absolute Gasteiger partial charge is 0.330 e. The van der Waals surface area contributed by atoms with Crippen molar-refractivity contribution in [1.29, 1.82) is 0 Å². The highest BCUT2D eigenvalue weighted by atomic mass is 127. The van der Waals surface area contributed by atoms with Crippen LogP contribution in [-0.4, -0.2) is 26.9 Å². The molecule has 88 valence electrons. The first-order valence-corrected chi connectivity index (χ1v) is 5.91. The molecule has 1 aliphatic heterocycles. The van der Waals surface area contributed by atoms with Crippen molar-refractivity contribution in [3.8, 4) is 0 Å². The van der Waals surface area contributed by atoms with Crippen molar-refractivity contribution >= 4 is 22.6 Å². The van der Waals surface area contributed by atoms with E-state index in [2.05, 4.69) is 4.98 Å². The van der Waals surface area contributed by atoms with Crippen molar-refractivity contribution in [2.75, 3.05) is 0 Å². The average Bonchev–Trinajstić information content (AvgIpc) is 2.53. The quantitative estimate of drug-likeness (QED) is 0.696. The topological polar surface area (TPSA) is 84.3 Å². The minimum Gasteiger partial charge on any atom is -0.390 e. The Labute approximate surface area is 104 Å². The molecule has 7 heteroatoms. The Bertz CT molecular complexity index is 499. The van der Waals surface area contributed by atoms with Crippen molar-refractivity contribution in [2.45, 2.75) is 31.8 Å². The fourth-order valence-electron chi connectivity index (χ4n) is 1.65. The number of aromatic amines is 1. The SMILES string of the molecule is C[C@@H]1O[C@H](n2cc(I)c(=O)[nH]c2=O)CC1O. The Morgan fingerprint density at radius 1 is 1.62 bits per heavy atom. The number of nitrogens with zero attached hydrogens (tertiary/aromatic N) is 1. The Hall–Kier alpha value is -0.670. The van der Waals surface area contributed by atoms with Crippen LogP contribution >= 0.6 is 22.6 Å². The molecule has 0 radical (unpaired) electrons. The van der Waals surface area contributed by atoms with E-state index in [9.17, 15) is 14.7 Å². The molecule has 1 saturated heterocycles. The van der Waals surface area contributed by atoms with Crippen LogP contribution in [0.5, 0.6) is 0 Å². The van der Waals surface area contributed by atoms with Crippen molar-refractivity contribution in [2.24, 2.45) is 0 Å². The van der Waals surface area contributed by atoms with E-state index in [0.29, 0.717) is 9.99 Å². The van der Waals surface area contributed by atoms with Crippen LogP contribution in [0.15, 0.2) is 15.8 Å². The third-order valence-corrected chi connectivity index (χ3v) is 3.36. The zero-order valence-electron chi connectivity index (χ0n) is 8.51. The predicted octanol–water partition coefficient (Wildman–Crippen LogP) is -0.191. The molecule has 0 aromatic carbocycles. The van der Waals surface area contributed by atoms with E-state index in [0.717, 1.165) is 0 Å². The van der Waals surface area contributed by atoms with Crippen molar-refractivity contribution < 1.29 is 9.84 Å². The minimum atomic E-state index is -0.582. The predicted molar refractivity (Wildman–Crippen MR) is 64.2 cm³/mol. The molecule has 3 atom stereocenters. The molecule has 2 heterocycles. The third kappa shape index (κ3) is 2.06. The third-order valence-electron chi connectivity index (χ3n) is 2.59. The van der Waals surface area contributed by atoms with Crippen LogP contribution in [0.2, 0.25) is 0 Å². The zero-order valence-corrected chi connectivity index (χ0v) is 10.7. The molecular weight excluding hydrogens is 327 g/mol. The highest BCUT2D eigenvalue weighted by Crippen LogP contribution is 2.26. The van der Waals surface area contributed by atoms with Gasteiger partial charge in [0.25, 0.3) is 5.56 Å². The molecule has 0 bridgehead atoms. The molecular formula is C9H11IN2O4. The van der Waals surface area contributed by atoms with Crippen molar-refractivity contribution in [1.82, 2.24) is 9.55 Å². The van der Waals surface area contributed by atoms with Crippen LogP contribution in [-0.2, 0) is 4.74 Å². The van der Waals surface area contributed by atoms with Gasteiger partial charge < -0.3 is 9.84 Å². The maximum absolute atomic E-state index is 11.5. The van der Waals surface area contributed by atoms with E-state index >= 15 is 0 Å². The second kappa shape index (κ2) is 4.30. The van der Waals surface area contributed by atoms with Crippen LogP contribution in [0.25, 0.3) is 0 Å². The molecule has 2 rings (SSSR count). The van der Waals surface area contributed by atoms with Crippen LogP contribution in [0.3, 0.4) is 0 Å². The number of rotatable bonds is 1. The van der Waals surface area contributed by atoms with Gasteiger partial charge in [-0.3, -0.25) is 14.3 Å². The molecule has 1 fully saturated rings. The van der Waals surface area contributed by atoms with E-state index in [1.807, 2.05) is 22.6 Å². The van der Waals surface area contributed by atoms with Crippen molar-refractivity contribution in [3.63, 3.8) is 0 Å². The summed E-state index contributed by atoms with van der Waals surface area (Å²) in [6.45, 7) is 1.74. The summed E-state index contributed by atoms with van der Waals surface area (Å²) in [6, 6.07) is 0. The van der Waals surface area contributed by atoms with Crippen LogP contribution in [0, 0.1) is 3.57 Å². The zero-order chi connectivity index (χ0) is 11.9. The van der Waals surface area contributed by atoms with E-state index in [4.69, 9.17) is 4.74 Å². The molecule has 0 saturated carbocycles. The fraction of sp³-hybridized carbons (Fsp3) is 0.556. The number of aliphatic hydroxyl groups is 1.